The molecule has 3 fully saturated rings. The minimum Gasteiger partial charge on any atom is -0.326 e. The van der Waals surface area contributed by atoms with Crippen molar-refractivity contribution in [2.24, 2.45) is 12.5 Å². The number of hydrogen-bond acceptors (Lipinski definition) is 3. The second-order valence-corrected chi connectivity index (χ2v) is 9.82. The zero-order valence-electron chi connectivity index (χ0n) is 19.0. The molecule has 34 heavy (non-hydrogen) atoms. The Morgan fingerprint density at radius 3 is 2.21 bits per heavy atom. The van der Waals surface area contributed by atoms with Gasteiger partial charge in [-0.2, -0.15) is 13.2 Å². The smallest absolute Gasteiger partial charge is 0.326 e. The predicted molar refractivity (Wildman–Crippen MR) is 123 cm³/mol. The number of alkyl halides is 3. The first kappa shape index (κ1) is 22.6. The lowest BCUT2D eigenvalue weighted by Crippen LogP contribution is -2.46. The van der Waals surface area contributed by atoms with E-state index in [1.165, 1.54) is 12.1 Å². The molecule has 8 heteroatoms. The molecule has 1 amide bonds. The van der Waals surface area contributed by atoms with E-state index < -0.39 is 11.7 Å². The van der Waals surface area contributed by atoms with Gasteiger partial charge in [0, 0.05) is 30.1 Å². The zero-order valence-corrected chi connectivity index (χ0v) is 19.0. The molecule has 0 unspecified atom stereocenters. The monoisotopic (exact) mass is 468 g/mol. The summed E-state index contributed by atoms with van der Waals surface area (Å²) in [5, 5.41) is 11.6. The highest BCUT2D eigenvalue weighted by atomic mass is 19.4. The van der Waals surface area contributed by atoms with Crippen molar-refractivity contribution in [2.75, 3.05) is 5.32 Å². The van der Waals surface area contributed by atoms with Crippen LogP contribution in [0.2, 0.25) is 0 Å². The first-order valence-corrected chi connectivity index (χ1v) is 11.6. The molecule has 3 aliphatic rings. The van der Waals surface area contributed by atoms with E-state index in [1.54, 1.807) is 17.7 Å². The summed E-state index contributed by atoms with van der Waals surface area (Å²) in [4.78, 5) is 12.7. The number of fused-ring (bicyclic) bond motifs is 3. The van der Waals surface area contributed by atoms with Gasteiger partial charge < -0.3 is 9.88 Å². The topological polar surface area (TPSA) is 59.8 Å². The van der Waals surface area contributed by atoms with Crippen molar-refractivity contribution >= 4 is 11.6 Å². The fraction of sp³-hybridized carbons (Fsp3) is 0.423. The van der Waals surface area contributed by atoms with Crippen molar-refractivity contribution in [3.63, 3.8) is 0 Å². The molecule has 3 aliphatic carbocycles. The maximum Gasteiger partial charge on any atom is 0.417 e. The van der Waals surface area contributed by atoms with Gasteiger partial charge in [0.2, 0.25) is 5.91 Å². The Kier molecular flexibility index (Phi) is 5.49. The molecule has 5 nitrogen and oxygen atoms in total. The van der Waals surface area contributed by atoms with Crippen molar-refractivity contribution in [3.05, 3.63) is 66.0 Å². The van der Waals surface area contributed by atoms with Crippen LogP contribution in [0, 0.1) is 5.41 Å². The predicted octanol–water partition coefficient (Wildman–Crippen LogP) is 6.12. The number of amides is 1. The SMILES string of the molecule is Cn1c(-c2ccccc2C(F)(F)F)nnc1C12CCC(CC(=O)Nc3ccccc3)(CC1)CC2. The van der Waals surface area contributed by atoms with E-state index in [0.29, 0.717) is 6.42 Å². The van der Waals surface area contributed by atoms with Gasteiger partial charge in [-0.15, -0.1) is 10.2 Å². The van der Waals surface area contributed by atoms with Crippen molar-refractivity contribution in [2.45, 2.75) is 56.5 Å². The van der Waals surface area contributed by atoms with Crippen molar-refractivity contribution in [1.29, 1.82) is 0 Å². The molecule has 0 atom stereocenters. The molecule has 3 saturated carbocycles. The van der Waals surface area contributed by atoms with Crippen LogP contribution in [0.4, 0.5) is 18.9 Å². The van der Waals surface area contributed by atoms with Crippen LogP contribution in [0.3, 0.4) is 0 Å². The fourth-order valence-corrected chi connectivity index (χ4v) is 5.88. The van der Waals surface area contributed by atoms with E-state index in [-0.39, 0.29) is 28.1 Å². The van der Waals surface area contributed by atoms with Crippen LogP contribution in [-0.2, 0) is 23.4 Å². The summed E-state index contributed by atoms with van der Waals surface area (Å²) >= 11 is 0. The third-order valence-corrected chi connectivity index (χ3v) is 7.82. The van der Waals surface area contributed by atoms with E-state index in [2.05, 4.69) is 15.5 Å². The van der Waals surface area contributed by atoms with Gasteiger partial charge in [-0.25, -0.2) is 0 Å². The standard InChI is InChI=1S/C26H27F3N4O/c1-33-22(19-9-5-6-10-20(19)26(27,28)29)31-32-23(33)25-14-11-24(12-15-25,13-16-25)17-21(34)30-18-7-3-2-4-8-18/h2-10H,11-17H2,1H3,(H,30,34). The van der Waals surface area contributed by atoms with Gasteiger partial charge in [-0.3, -0.25) is 4.79 Å². The third-order valence-electron chi connectivity index (χ3n) is 7.82. The molecule has 2 aromatic carbocycles. The van der Waals surface area contributed by atoms with Crippen LogP contribution in [0.25, 0.3) is 11.4 Å². The first-order chi connectivity index (χ1) is 16.2. The second-order valence-electron chi connectivity index (χ2n) is 9.82. The number of carbonyl (C=O) groups is 1. The summed E-state index contributed by atoms with van der Waals surface area (Å²) in [5.41, 5.74) is -0.0810. The number of carbonyl (C=O) groups excluding carboxylic acids is 1. The Bertz CT molecular complexity index is 1180. The van der Waals surface area contributed by atoms with E-state index in [4.69, 9.17) is 0 Å². The molecular formula is C26H27F3N4O. The highest BCUT2D eigenvalue weighted by molar-refractivity contribution is 5.91. The Balaban J connectivity index is 1.34. The zero-order chi connectivity index (χ0) is 24.0. The lowest BCUT2D eigenvalue weighted by atomic mass is 9.52. The van der Waals surface area contributed by atoms with Crippen molar-refractivity contribution in [1.82, 2.24) is 14.8 Å². The van der Waals surface area contributed by atoms with E-state index in [1.807, 2.05) is 30.3 Å². The average Bonchev–Trinajstić information content (AvgIpc) is 3.22. The summed E-state index contributed by atoms with van der Waals surface area (Å²) in [7, 11) is 1.76. The maximum absolute atomic E-state index is 13.6. The Labute approximate surface area is 196 Å². The molecule has 0 spiro atoms. The lowest BCUT2D eigenvalue weighted by Gasteiger charge is -2.52. The molecule has 0 radical (unpaired) electrons. The van der Waals surface area contributed by atoms with E-state index in [0.717, 1.165) is 56.1 Å². The van der Waals surface area contributed by atoms with Crippen LogP contribution in [0.15, 0.2) is 54.6 Å². The number of benzene rings is 2. The van der Waals surface area contributed by atoms with Gasteiger partial charge in [0.25, 0.3) is 0 Å². The van der Waals surface area contributed by atoms with Crippen LogP contribution in [-0.4, -0.2) is 20.7 Å². The summed E-state index contributed by atoms with van der Waals surface area (Å²) in [6, 6.07) is 15.0. The van der Waals surface area contributed by atoms with Gasteiger partial charge in [-0.1, -0.05) is 36.4 Å². The van der Waals surface area contributed by atoms with E-state index in [9.17, 15) is 18.0 Å². The molecule has 0 aliphatic heterocycles. The van der Waals surface area contributed by atoms with Crippen LogP contribution >= 0.6 is 0 Å². The number of halogens is 3. The molecule has 1 aromatic heterocycles. The maximum atomic E-state index is 13.6. The van der Waals surface area contributed by atoms with Gasteiger partial charge in [0.05, 0.1) is 5.56 Å². The summed E-state index contributed by atoms with van der Waals surface area (Å²) in [6.45, 7) is 0. The van der Waals surface area contributed by atoms with E-state index >= 15 is 0 Å². The molecule has 1 N–H and O–H groups in total. The fourth-order valence-electron chi connectivity index (χ4n) is 5.88. The number of hydrogen-bond donors (Lipinski definition) is 1. The highest BCUT2D eigenvalue weighted by Gasteiger charge is 2.52. The Morgan fingerprint density at radius 2 is 1.56 bits per heavy atom. The van der Waals surface area contributed by atoms with Gasteiger partial charge in [0.15, 0.2) is 5.82 Å². The second kappa shape index (κ2) is 8.25. The van der Waals surface area contributed by atoms with Crippen LogP contribution < -0.4 is 5.32 Å². The molecule has 6 rings (SSSR count). The Morgan fingerprint density at radius 1 is 0.941 bits per heavy atom. The number of nitrogens with zero attached hydrogens (tertiary/aromatic N) is 3. The minimum atomic E-state index is -4.46. The number of para-hydroxylation sites is 1. The highest BCUT2D eigenvalue weighted by Crippen LogP contribution is 2.59. The molecule has 0 saturated heterocycles. The molecule has 1 heterocycles. The van der Waals surface area contributed by atoms with Crippen molar-refractivity contribution in [3.8, 4) is 11.4 Å². The summed E-state index contributed by atoms with van der Waals surface area (Å²) < 4.78 is 42.4. The number of anilines is 1. The van der Waals surface area contributed by atoms with Gasteiger partial charge in [-0.05, 0) is 62.1 Å². The normalized spacial score (nSPS) is 24.2. The molecule has 178 valence electrons. The number of rotatable bonds is 5. The Hall–Kier alpha value is -3.16. The van der Waals surface area contributed by atoms with Gasteiger partial charge in [0.1, 0.15) is 5.82 Å². The quantitative estimate of drug-likeness (QED) is 0.491. The average molecular weight is 469 g/mol. The first-order valence-electron chi connectivity index (χ1n) is 11.6. The van der Waals surface area contributed by atoms with Crippen molar-refractivity contribution < 1.29 is 18.0 Å². The summed E-state index contributed by atoms with van der Waals surface area (Å²) in [6.07, 6.45) is 1.30. The van der Waals surface area contributed by atoms with Crippen LogP contribution in [0.5, 0.6) is 0 Å². The molecular weight excluding hydrogens is 441 g/mol. The molecule has 2 bridgehead atoms. The minimum absolute atomic E-state index is 0.0229. The van der Waals surface area contributed by atoms with Crippen LogP contribution in [0.1, 0.15) is 56.3 Å². The van der Waals surface area contributed by atoms with Gasteiger partial charge >= 0.3 is 6.18 Å². The third kappa shape index (κ3) is 3.99. The molecule has 3 aromatic rings. The summed E-state index contributed by atoms with van der Waals surface area (Å²) in [5.74, 6) is 1.02. The lowest BCUT2D eigenvalue weighted by molar-refractivity contribution is -0.137. The largest absolute Gasteiger partial charge is 0.417 e. The number of aromatic nitrogens is 3. The number of nitrogens with one attached hydrogen (secondary N) is 1.